The average molecular weight is 250 g/mol. The second kappa shape index (κ2) is 3.76. The van der Waals surface area contributed by atoms with Crippen LogP contribution >= 0.6 is 11.8 Å². The monoisotopic (exact) mass is 250 g/mol. The molecule has 1 atom stereocenters. The zero-order valence-corrected chi connectivity index (χ0v) is 11.3. The van der Waals surface area contributed by atoms with Gasteiger partial charge in [0, 0.05) is 17.1 Å². The molecular weight excluding hydrogens is 228 g/mol. The molecule has 94 valence electrons. The summed E-state index contributed by atoms with van der Waals surface area (Å²) in [6, 6.07) is 0. The summed E-state index contributed by atoms with van der Waals surface area (Å²) in [4.78, 5) is 12.9. The summed E-state index contributed by atoms with van der Waals surface area (Å²) in [6.07, 6.45) is 9.31. The Morgan fingerprint density at radius 2 is 1.59 bits per heavy atom. The molecule has 5 aliphatic rings. The molecule has 1 aliphatic heterocycles. The zero-order chi connectivity index (χ0) is 11.5. The first-order chi connectivity index (χ1) is 8.25. The Balaban J connectivity index is 1.61. The minimum absolute atomic E-state index is 0.171. The van der Waals surface area contributed by atoms with Gasteiger partial charge < -0.3 is 0 Å². The minimum atomic E-state index is 0.171. The standard InChI is InChI=1S/C15H22OS/c16-14(13-1-2-17-9-13)15-6-10-3-11(7-15)5-12(4-10)8-15/h10-13H,1-9H2. The average Bonchev–Trinajstić information content (AvgIpc) is 2.79. The van der Waals surface area contributed by atoms with E-state index in [9.17, 15) is 4.79 Å². The van der Waals surface area contributed by atoms with Crippen molar-refractivity contribution < 1.29 is 4.79 Å². The molecule has 0 radical (unpaired) electrons. The van der Waals surface area contributed by atoms with E-state index < -0.39 is 0 Å². The van der Waals surface area contributed by atoms with Gasteiger partial charge in [0.25, 0.3) is 0 Å². The first-order valence-electron chi connectivity index (χ1n) is 7.37. The first-order valence-corrected chi connectivity index (χ1v) is 8.53. The maximum absolute atomic E-state index is 12.9. The van der Waals surface area contributed by atoms with E-state index in [0.717, 1.165) is 23.5 Å². The van der Waals surface area contributed by atoms with Crippen molar-refractivity contribution in [3.8, 4) is 0 Å². The van der Waals surface area contributed by atoms with Crippen LogP contribution in [0.1, 0.15) is 44.9 Å². The van der Waals surface area contributed by atoms with Crippen LogP contribution in [0.5, 0.6) is 0 Å². The van der Waals surface area contributed by atoms with Gasteiger partial charge in [-0.05, 0) is 68.5 Å². The largest absolute Gasteiger partial charge is 0.299 e. The summed E-state index contributed by atoms with van der Waals surface area (Å²) in [5.41, 5.74) is 0.171. The number of hydrogen-bond acceptors (Lipinski definition) is 2. The highest BCUT2D eigenvalue weighted by atomic mass is 32.2. The van der Waals surface area contributed by atoms with Gasteiger partial charge in [-0.25, -0.2) is 0 Å². The molecule has 0 aromatic rings. The molecule has 5 fully saturated rings. The molecule has 0 N–H and O–H groups in total. The number of carbonyl (C=O) groups excluding carboxylic acids is 1. The van der Waals surface area contributed by atoms with Crippen molar-refractivity contribution in [2.75, 3.05) is 11.5 Å². The van der Waals surface area contributed by atoms with E-state index >= 15 is 0 Å². The van der Waals surface area contributed by atoms with Crippen LogP contribution in [0, 0.1) is 29.1 Å². The Kier molecular flexibility index (Phi) is 2.41. The van der Waals surface area contributed by atoms with Gasteiger partial charge in [0.1, 0.15) is 5.78 Å². The van der Waals surface area contributed by atoms with E-state index in [-0.39, 0.29) is 5.41 Å². The summed E-state index contributed by atoms with van der Waals surface area (Å²) in [5, 5.41) is 0. The van der Waals surface area contributed by atoms with Gasteiger partial charge in [0.2, 0.25) is 0 Å². The van der Waals surface area contributed by atoms with Crippen molar-refractivity contribution >= 4 is 17.5 Å². The third kappa shape index (κ3) is 1.63. The molecule has 0 aromatic heterocycles. The Morgan fingerprint density at radius 1 is 1.00 bits per heavy atom. The van der Waals surface area contributed by atoms with E-state index in [1.54, 1.807) is 0 Å². The molecule has 4 aliphatic carbocycles. The van der Waals surface area contributed by atoms with E-state index in [1.807, 2.05) is 11.8 Å². The van der Waals surface area contributed by atoms with Crippen LogP contribution in [0.4, 0.5) is 0 Å². The molecule has 0 spiro atoms. The number of thioether (sulfide) groups is 1. The molecule has 1 heterocycles. The highest BCUT2D eigenvalue weighted by Crippen LogP contribution is 2.61. The number of Topliss-reactive ketones (excluding diaryl/α,β-unsaturated/α-hetero) is 1. The number of rotatable bonds is 2. The van der Waals surface area contributed by atoms with E-state index in [2.05, 4.69) is 0 Å². The molecular formula is C15H22OS. The van der Waals surface area contributed by atoms with Crippen LogP contribution in [0.25, 0.3) is 0 Å². The van der Waals surface area contributed by atoms with E-state index in [0.29, 0.717) is 11.7 Å². The molecule has 4 saturated carbocycles. The summed E-state index contributed by atoms with van der Waals surface area (Å²) >= 11 is 1.99. The van der Waals surface area contributed by atoms with Crippen LogP contribution in [-0.4, -0.2) is 17.3 Å². The van der Waals surface area contributed by atoms with Gasteiger partial charge >= 0.3 is 0 Å². The van der Waals surface area contributed by atoms with Gasteiger partial charge in [-0.15, -0.1) is 0 Å². The van der Waals surface area contributed by atoms with Gasteiger partial charge in [0.05, 0.1) is 0 Å². The number of carbonyl (C=O) groups is 1. The van der Waals surface area contributed by atoms with Crippen molar-refractivity contribution in [2.45, 2.75) is 44.9 Å². The van der Waals surface area contributed by atoms with Crippen molar-refractivity contribution in [3.05, 3.63) is 0 Å². The van der Waals surface area contributed by atoms with Gasteiger partial charge in [-0.1, -0.05) is 0 Å². The maximum atomic E-state index is 12.9. The zero-order valence-electron chi connectivity index (χ0n) is 10.5. The molecule has 0 aromatic carbocycles. The third-order valence-electron chi connectivity index (χ3n) is 5.86. The minimum Gasteiger partial charge on any atom is -0.299 e. The van der Waals surface area contributed by atoms with Crippen LogP contribution < -0.4 is 0 Å². The summed E-state index contributed by atoms with van der Waals surface area (Å²) in [5.74, 6) is 6.22. The van der Waals surface area contributed by atoms with Gasteiger partial charge in [-0.2, -0.15) is 11.8 Å². The molecule has 1 saturated heterocycles. The lowest BCUT2D eigenvalue weighted by Crippen LogP contribution is -2.51. The summed E-state index contributed by atoms with van der Waals surface area (Å²) in [7, 11) is 0. The summed E-state index contributed by atoms with van der Waals surface area (Å²) < 4.78 is 0. The second-order valence-electron chi connectivity index (χ2n) is 7.12. The Morgan fingerprint density at radius 3 is 2.06 bits per heavy atom. The Labute approximate surface area is 108 Å². The molecule has 4 bridgehead atoms. The van der Waals surface area contributed by atoms with Crippen molar-refractivity contribution in [2.24, 2.45) is 29.1 Å². The summed E-state index contributed by atoms with van der Waals surface area (Å²) in [6.45, 7) is 0. The smallest absolute Gasteiger partial charge is 0.142 e. The van der Waals surface area contributed by atoms with Crippen molar-refractivity contribution in [1.29, 1.82) is 0 Å². The molecule has 0 amide bonds. The molecule has 1 unspecified atom stereocenters. The predicted molar refractivity (Wildman–Crippen MR) is 71.0 cm³/mol. The lowest BCUT2D eigenvalue weighted by molar-refractivity contribution is -0.147. The lowest BCUT2D eigenvalue weighted by atomic mass is 9.47. The van der Waals surface area contributed by atoms with Crippen LogP contribution in [-0.2, 0) is 4.79 Å². The fourth-order valence-electron chi connectivity index (χ4n) is 5.59. The van der Waals surface area contributed by atoms with Gasteiger partial charge in [0.15, 0.2) is 0 Å². The molecule has 17 heavy (non-hydrogen) atoms. The topological polar surface area (TPSA) is 17.1 Å². The number of ketones is 1. The molecule has 5 rings (SSSR count). The fourth-order valence-corrected chi connectivity index (χ4v) is 6.81. The SMILES string of the molecule is O=C(C1CCSC1)C12CC3CC(CC(C3)C1)C2. The van der Waals surface area contributed by atoms with Crippen LogP contribution in [0.2, 0.25) is 0 Å². The molecule has 2 heteroatoms. The quantitative estimate of drug-likeness (QED) is 0.746. The third-order valence-corrected chi connectivity index (χ3v) is 7.02. The normalized spacial score (nSPS) is 52.0. The first kappa shape index (κ1) is 10.9. The van der Waals surface area contributed by atoms with E-state index in [1.165, 1.54) is 50.7 Å². The van der Waals surface area contributed by atoms with E-state index in [4.69, 9.17) is 0 Å². The Bertz CT molecular complexity index is 308. The lowest BCUT2D eigenvalue weighted by Gasteiger charge is -2.56. The van der Waals surface area contributed by atoms with Gasteiger partial charge in [-0.3, -0.25) is 4.79 Å². The molecule has 1 nitrogen and oxygen atoms in total. The van der Waals surface area contributed by atoms with Crippen LogP contribution in [0.15, 0.2) is 0 Å². The Hall–Kier alpha value is 0.0200. The van der Waals surface area contributed by atoms with Crippen LogP contribution in [0.3, 0.4) is 0 Å². The second-order valence-corrected chi connectivity index (χ2v) is 8.27. The highest BCUT2D eigenvalue weighted by molar-refractivity contribution is 7.99. The maximum Gasteiger partial charge on any atom is 0.142 e. The number of hydrogen-bond donors (Lipinski definition) is 0. The highest BCUT2D eigenvalue weighted by Gasteiger charge is 2.55. The predicted octanol–water partition coefficient (Wildman–Crippen LogP) is 3.53. The fraction of sp³-hybridized carbons (Fsp3) is 0.933. The van der Waals surface area contributed by atoms with Crippen molar-refractivity contribution in [3.63, 3.8) is 0 Å². The van der Waals surface area contributed by atoms with Crippen molar-refractivity contribution in [1.82, 2.24) is 0 Å².